The van der Waals surface area contributed by atoms with Crippen LogP contribution in [-0.4, -0.2) is 16.8 Å². The molecule has 0 aromatic heterocycles. The molecule has 0 spiro atoms. The molecule has 2 nitrogen and oxygen atoms in total. The molecule has 0 aliphatic carbocycles. The summed E-state index contributed by atoms with van der Waals surface area (Å²) in [4.78, 5) is 11.5. The van der Waals surface area contributed by atoms with Gasteiger partial charge in [-0.3, -0.25) is 0 Å². The number of hydrogen-bond acceptors (Lipinski definition) is 2. The maximum absolute atomic E-state index is 10.7. The Kier molecular flexibility index (Phi) is 4.77. The molecule has 1 aromatic carbocycles. The molecule has 0 unspecified atom stereocenters. The van der Waals surface area contributed by atoms with Crippen LogP contribution in [0.15, 0.2) is 17.0 Å². The first-order valence-corrected chi connectivity index (χ1v) is 6.15. The lowest BCUT2D eigenvalue weighted by atomic mass is 10.2. The molecular formula is C10H10Cl2O2S. The third kappa shape index (κ3) is 3.30. The van der Waals surface area contributed by atoms with Gasteiger partial charge < -0.3 is 5.11 Å². The van der Waals surface area contributed by atoms with Gasteiger partial charge >= 0.3 is 5.97 Å². The molecule has 0 radical (unpaired) electrons. The summed E-state index contributed by atoms with van der Waals surface area (Å²) in [5.74, 6) is -0.114. The van der Waals surface area contributed by atoms with Crippen LogP contribution in [0.3, 0.4) is 0 Å². The highest BCUT2D eigenvalue weighted by Crippen LogP contribution is 2.35. The highest BCUT2D eigenvalue weighted by molar-refractivity contribution is 7.99. The van der Waals surface area contributed by atoms with Crippen LogP contribution in [0.5, 0.6) is 0 Å². The predicted molar refractivity (Wildman–Crippen MR) is 64.4 cm³/mol. The molecule has 0 heterocycles. The van der Waals surface area contributed by atoms with Crippen LogP contribution in [-0.2, 0) is 0 Å². The Labute approximate surface area is 103 Å². The van der Waals surface area contributed by atoms with E-state index in [1.807, 2.05) is 0 Å². The second-order valence-corrected chi connectivity index (χ2v) is 4.84. The van der Waals surface area contributed by atoms with Crippen molar-refractivity contribution in [2.24, 2.45) is 0 Å². The standard InChI is InChI=1S/C10H10Cl2O2S/c1-2-3-15-9-7(11)4-6(10(13)14)5-8(9)12/h4-5H,2-3H2,1H3,(H,13,14). The highest BCUT2D eigenvalue weighted by Gasteiger charge is 2.12. The largest absolute Gasteiger partial charge is 0.478 e. The van der Waals surface area contributed by atoms with Gasteiger partial charge in [0.15, 0.2) is 0 Å². The molecule has 1 aromatic rings. The summed E-state index contributed by atoms with van der Waals surface area (Å²) < 4.78 is 0. The van der Waals surface area contributed by atoms with Crippen molar-refractivity contribution in [1.29, 1.82) is 0 Å². The lowest BCUT2D eigenvalue weighted by molar-refractivity contribution is 0.0697. The topological polar surface area (TPSA) is 37.3 Å². The molecule has 82 valence electrons. The number of benzene rings is 1. The quantitative estimate of drug-likeness (QED) is 0.829. The zero-order chi connectivity index (χ0) is 11.4. The van der Waals surface area contributed by atoms with Gasteiger partial charge in [0.1, 0.15) is 0 Å². The fraction of sp³-hybridized carbons (Fsp3) is 0.300. The number of aromatic carboxylic acids is 1. The molecule has 0 bridgehead atoms. The number of carbonyl (C=O) groups is 1. The number of halogens is 2. The van der Waals surface area contributed by atoms with Gasteiger partial charge in [0.2, 0.25) is 0 Å². The predicted octanol–water partition coefficient (Wildman–Crippen LogP) is 4.19. The summed E-state index contributed by atoms with van der Waals surface area (Å²) in [6, 6.07) is 2.85. The number of hydrogen-bond donors (Lipinski definition) is 1. The van der Waals surface area contributed by atoms with Crippen molar-refractivity contribution in [3.63, 3.8) is 0 Å². The lowest BCUT2D eigenvalue weighted by Crippen LogP contribution is -1.96. The van der Waals surface area contributed by atoms with E-state index >= 15 is 0 Å². The van der Waals surface area contributed by atoms with Crippen LogP contribution < -0.4 is 0 Å². The van der Waals surface area contributed by atoms with Crippen LogP contribution in [0.2, 0.25) is 10.0 Å². The summed E-state index contributed by atoms with van der Waals surface area (Å²) in [6.07, 6.45) is 1.01. The van der Waals surface area contributed by atoms with E-state index in [1.165, 1.54) is 23.9 Å². The Morgan fingerprint density at radius 2 is 1.93 bits per heavy atom. The maximum Gasteiger partial charge on any atom is 0.335 e. The number of carboxylic acid groups (broad SMARTS) is 1. The second kappa shape index (κ2) is 5.64. The Morgan fingerprint density at radius 3 is 2.33 bits per heavy atom. The van der Waals surface area contributed by atoms with Crippen LogP contribution >= 0.6 is 35.0 Å². The summed E-state index contributed by atoms with van der Waals surface area (Å²) in [5.41, 5.74) is 0.117. The number of carboxylic acids is 1. The average Bonchev–Trinajstić information content (AvgIpc) is 2.16. The molecule has 0 saturated carbocycles. The minimum Gasteiger partial charge on any atom is -0.478 e. The summed E-state index contributed by atoms with van der Waals surface area (Å²) >= 11 is 13.4. The minimum absolute atomic E-state index is 0.117. The van der Waals surface area contributed by atoms with E-state index in [2.05, 4.69) is 6.92 Å². The van der Waals surface area contributed by atoms with Gasteiger partial charge in [0.25, 0.3) is 0 Å². The van der Waals surface area contributed by atoms with Crippen molar-refractivity contribution in [3.8, 4) is 0 Å². The molecular weight excluding hydrogens is 255 g/mol. The van der Waals surface area contributed by atoms with Crippen molar-refractivity contribution in [2.45, 2.75) is 18.2 Å². The summed E-state index contributed by atoms with van der Waals surface area (Å²) in [6.45, 7) is 2.06. The molecule has 1 rings (SSSR count). The second-order valence-electron chi connectivity index (χ2n) is 2.92. The monoisotopic (exact) mass is 264 g/mol. The average molecular weight is 265 g/mol. The van der Waals surface area contributed by atoms with Crippen LogP contribution in [0.25, 0.3) is 0 Å². The minimum atomic E-state index is -1.02. The van der Waals surface area contributed by atoms with E-state index in [0.717, 1.165) is 17.1 Å². The fourth-order valence-electron chi connectivity index (χ4n) is 1.03. The smallest absolute Gasteiger partial charge is 0.335 e. The van der Waals surface area contributed by atoms with Gasteiger partial charge in [-0.1, -0.05) is 30.1 Å². The van der Waals surface area contributed by atoms with Crippen LogP contribution in [0.1, 0.15) is 23.7 Å². The lowest BCUT2D eigenvalue weighted by Gasteiger charge is -2.06. The third-order valence-corrected chi connectivity index (χ3v) is 3.86. The third-order valence-electron chi connectivity index (χ3n) is 1.70. The van der Waals surface area contributed by atoms with Gasteiger partial charge in [-0.25, -0.2) is 4.79 Å². The Morgan fingerprint density at radius 1 is 1.40 bits per heavy atom. The first kappa shape index (κ1) is 12.7. The van der Waals surface area contributed by atoms with E-state index in [9.17, 15) is 4.79 Å². The zero-order valence-electron chi connectivity index (χ0n) is 8.09. The van der Waals surface area contributed by atoms with Gasteiger partial charge in [0, 0.05) is 4.90 Å². The Bertz CT molecular complexity index is 357. The van der Waals surface area contributed by atoms with Crippen molar-refractivity contribution in [2.75, 3.05) is 5.75 Å². The maximum atomic E-state index is 10.7. The van der Waals surface area contributed by atoms with Crippen LogP contribution in [0, 0.1) is 0 Å². The summed E-state index contributed by atoms with van der Waals surface area (Å²) in [5, 5.41) is 9.58. The first-order valence-electron chi connectivity index (χ1n) is 4.41. The number of thioether (sulfide) groups is 1. The van der Waals surface area contributed by atoms with Crippen LogP contribution in [0.4, 0.5) is 0 Å². The summed E-state index contributed by atoms with van der Waals surface area (Å²) in [7, 11) is 0. The van der Waals surface area contributed by atoms with E-state index < -0.39 is 5.97 Å². The van der Waals surface area contributed by atoms with Gasteiger partial charge in [-0.2, -0.15) is 0 Å². The molecule has 1 N–H and O–H groups in total. The molecule has 0 atom stereocenters. The molecule has 0 amide bonds. The van der Waals surface area contributed by atoms with E-state index in [1.54, 1.807) is 0 Å². The molecule has 0 fully saturated rings. The molecule has 5 heteroatoms. The van der Waals surface area contributed by atoms with E-state index in [-0.39, 0.29) is 5.56 Å². The van der Waals surface area contributed by atoms with E-state index in [0.29, 0.717) is 10.0 Å². The Balaban J connectivity index is 3.04. The fourth-order valence-corrected chi connectivity index (χ4v) is 2.64. The molecule has 0 saturated heterocycles. The first-order chi connectivity index (χ1) is 7.06. The van der Waals surface area contributed by atoms with Gasteiger partial charge in [-0.15, -0.1) is 11.8 Å². The van der Waals surface area contributed by atoms with Crippen molar-refractivity contribution in [3.05, 3.63) is 27.7 Å². The SMILES string of the molecule is CCCSc1c(Cl)cc(C(=O)O)cc1Cl. The Hall–Kier alpha value is -0.380. The molecule has 0 aliphatic rings. The van der Waals surface area contributed by atoms with Crippen molar-refractivity contribution in [1.82, 2.24) is 0 Å². The molecule has 0 aliphatic heterocycles. The van der Waals surface area contributed by atoms with Crippen molar-refractivity contribution < 1.29 is 9.90 Å². The van der Waals surface area contributed by atoms with Gasteiger partial charge in [0.05, 0.1) is 15.6 Å². The normalized spacial score (nSPS) is 10.3. The van der Waals surface area contributed by atoms with Crippen molar-refractivity contribution >= 4 is 40.9 Å². The van der Waals surface area contributed by atoms with Gasteiger partial charge in [-0.05, 0) is 24.3 Å². The molecule has 15 heavy (non-hydrogen) atoms. The van der Waals surface area contributed by atoms with E-state index in [4.69, 9.17) is 28.3 Å². The zero-order valence-corrected chi connectivity index (χ0v) is 10.4. The highest BCUT2D eigenvalue weighted by atomic mass is 35.5. The number of rotatable bonds is 4.